The van der Waals surface area contributed by atoms with Crippen LogP contribution < -0.4 is 9.62 Å². The highest BCUT2D eigenvalue weighted by Crippen LogP contribution is 2.29. The molecule has 2 aromatic rings. The number of hydrogen-bond acceptors (Lipinski definition) is 3. The maximum absolute atomic E-state index is 13.8. The van der Waals surface area contributed by atoms with Gasteiger partial charge in [0, 0.05) is 17.8 Å². The Labute approximate surface area is 140 Å². The number of rotatable bonds is 3. The molecule has 126 valence electrons. The molecule has 0 unspecified atom stereocenters. The second-order valence-electron chi connectivity index (χ2n) is 5.76. The smallest absolute Gasteiger partial charge is 0.258 e. The Morgan fingerprint density at radius 2 is 1.96 bits per heavy atom. The molecule has 1 N–H and O–H groups in total. The van der Waals surface area contributed by atoms with Crippen LogP contribution in [0.1, 0.15) is 22.3 Å². The summed E-state index contributed by atoms with van der Waals surface area (Å²) in [7, 11) is -3.63. The standard InChI is InChI=1S/C17H17FN2O3S/c1-24(22,23)19-15-11-13(8-9-14(15)18)17(21)20-10-4-6-12-5-2-3-7-16(12)20/h2-3,5,7-9,11,19H,4,6,10H2,1H3. The Morgan fingerprint density at radius 1 is 1.21 bits per heavy atom. The molecule has 24 heavy (non-hydrogen) atoms. The number of hydrogen-bond donors (Lipinski definition) is 1. The van der Waals surface area contributed by atoms with Crippen LogP contribution in [0.5, 0.6) is 0 Å². The van der Waals surface area contributed by atoms with Crippen molar-refractivity contribution < 1.29 is 17.6 Å². The molecule has 5 nitrogen and oxygen atoms in total. The van der Waals surface area contributed by atoms with Crippen molar-refractivity contribution in [1.82, 2.24) is 0 Å². The number of halogens is 1. The Kier molecular flexibility index (Phi) is 4.28. The number of sulfonamides is 1. The lowest BCUT2D eigenvalue weighted by Gasteiger charge is -2.29. The Morgan fingerprint density at radius 3 is 2.71 bits per heavy atom. The fraction of sp³-hybridized carbons (Fsp3) is 0.235. The molecular weight excluding hydrogens is 331 g/mol. The largest absolute Gasteiger partial charge is 0.308 e. The molecule has 0 saturated heterocycles. The molecule has 3 rings (SSSR count). The van der Waals surface area contributed by atoms with Crippen molar-refractivity contribution >= 4 is 27.3 Å². The first-order valence-electron chi connectivity index (χ1n) is 7.52. The van der Waals surface area contributed by atoms with Crippen LogP contribution in [0, 0.1) is 5.82 Å². The van der Waals surface area contributed by atoms with Gasteiger partial charge in [0.05, 0.1) is 11.9 Å². The number of nitrogens with one attached hydrogen (secondary N) is 1. The Hall–Kier alpha value is -2.41. The highest BCUT2D eigenvalue weighted by Gasteiger charge is 2.24. The number of benzene rings is 2. The quantitative estimate of drug-likeness (QED) is 0.927. The average Bonchev–Trinajstić information content (AvgIpc) is 2.54. The molecule has 0 bridgehead atoms. The summed E-state index contributed by atoms with van der Waals surface area (Å²) >= 11 is 0. The second kappa shape index (κ2) is 6.24. The molecular formula is C17H17FN2O3S. The van der Waals surface area contributed by atoms with Gasteiger partial charge in [-0.1, -0.05) is 18.2 Å². The summed E-state index contributed by atoms with van der Waals surface area (Å²) in [4.78, 5) is 14.5. The highest BCUT2D eigenvalue weighted by atomic mass is 32.2. The Balaban J connectivity index is 1.95. The van der Waals surface area contributed by atoms with Gasteiger partial charge in [-0.05, 0) is 42.7 Å². The molecule has 1 aliphatic rings. The van der Waals surface area contributed by atoms with E-state index in [0.717, 1.165) is 36.4 Å². The van der Waals surface area contributed by atoms with E-state index in [2.05, 4.69) is 4.72 Å². The summed E-state index contributed by atoms with van der Waals surface area (Å²) < 4.78 is 38.5. The summed E-state index contributed by atoms with van der Waals surface area (Å²) in [6.07, 6.45) is 2.68. The lowest BCUT2D eigenvalue weighted by Crippen LogP contribution is -2.35. The monoisotopic (exact) mass is 348 g/mol. The third-order valence-electron chi connectivity index (χ3n) is 3.86. The number of carbonyl (C=O) groups excluding carboxylic acids is 1. The fourth-order valence-electron chi connectivity index (χ4n) is 2.84. The molecule has 0 radical (unpaired) electrons. The molecule has 0 aromatic heterocycles. The van der Waals surface area contributed by atoms with Crippen molar-refractivity contribution in [3.05, 3.63) is 59.4 Å². The molecule has 0 atom stereocenters. The number of carbonyl (C=O) groups is 1. The number of para-hydroxylation sites is 1. The van der Waals surface area contributed by atoms with Crippen molar-refractivity contribution in [3.63, 3.8) is 0 Å². The van der Waals surface area contributed by atoms with E-state index in [-0.39, 0.29) is 17.2 Å². The summed E-state index contributed by atoms with van der Waals surface area (Å²) in [6, 6.07) is 11.3. The fourth-order valence-corrected chi connectivity index (χ4v) is 3.39. The van der Waals surface area contributed by atoms with E-state index in [0.29, 0.717) is 6.54 Å². The van der Waals surface area contributed by atoms with Crippen LogP contribution >= 0.6 is 0 Å². The van der Waals surface area contributed by atoms with Crippen molar-refractivity contribution in [2.75, 3.05) is 22.4 Å². The van der Waals surface area contributed by atoms with E-state index >= 15 is 0 Å². The maximum atomic E-state index is 13.8. The van der Waals surface area contributed by atoms with Crippen molar-refractivity contribution in [2.24, 2.45) is 0 Å². The minimum Gasteiger partial charge on any atom is -0.308 e. The third kappa shape index (κ3) is 3.41. The van der Waals surface area contributed by atoms with Gasteiger partial charge in [-0.2, -0.15) is 0 Å². The number of anilines is 2. The summed E-state index contributed by atoms with van der Waals surface area (Å²) in [5, 5.41) is 0. The number of nitrogens with zero attached hydrogens (tertiary/aromatic N) is 1. The van der Waals surface area contributed by atoms with Crippen LogP contribution in [0.25, 0.3) is 0 Å². The van der Waals surface area contributed by atoms with E-state index in [1.54, 1.807) is 4.90 Å². The van der Waals surface area contributed by atoms with Crippen LogP contribution in [0.2, 0.25) is 0 Å². The number of aryl methyl sites for hydroxylation is 1. The minimum atomic E-state index is -3.63. The minimum absolute atomic E-state index is 0.228. The molecule has 1 amide bonds. The van der Waals surface area contributed by atoms with E-state index in [4.69, 9.17) is 0 Å². The van der Waals surface area contributed by atoms with Gasteiger partial charge in [-0.3, -0.25) is 9.52 Å². The maximum Gasteiger partial charge on any atom is 0.258 e. The predicted octanol–water partition coefficient (Wildman–Crippen LogP) is 2.79. The average molecular weight is 348 g/mol. The van der Waals surface area contributed by atoms with Gasteiger partial charge in [0.2, 0.25) is 10.0 Å². The van der Waals surface area contributed by atoms with Crippen molar-refractivity contribution in [3.8, 4) is 0 Å². The van der Waals surface area contributed by atoms with Gasteiger partial charge in [-0.25, -0.2) is 12.8 Å². The Bertz CT molecular complexity index is 896. The van der Waals surface area contributed by atoms with Gasteiger partial charge < -0.3 is 4.90 Å². The first kappa shape index (κ1) is 16.4. The van der Waals surface area contributed by atoms with Crippen molar-refractivity contribution in [2.45, 2.75) is 12.8 Å². The predicted molar refractivity (Wildman–Crippen MR) is 91.3 cm³/mol. The van der Waals surface area contributed by atoms with E-state index in [1.165, 1.54) is 12.1 Å². The third-order valence-corrected chi connectivity index (χ3v) is 4.45. The lowest BCUT2D eigenvalue weighted by atomic mass is 10.0. The van der Waals surface area contributed by atoms with E-state index in [9.17, 15) is 17.6 Å². The topological polar surface area (TPSA) is 66.5 Å². The lowest BCUT2D eigenvalue weighted by molar-refractivity contribution is 0.0985. The van der Waals surface area contributed by atoms with Gasteiger partial charge >= 0.3 is 0 Å². The first-order chi connectivity index (χ1) is 11.3. The number of fused-ring (bicyclic) bond motifs is 1. The van der Waals surface area contributed by atoms with Crippen LogP contribution in [-0.2, 0) is 16.4 Å². The molecule has 0 spiro atoms. The van der Waals surface area contributed by atoms with Crippen LogP contribution in [-0.4, -0.2) is 27.1 Å². The summed E-state index contributed by atoms with van der Waals surface area (Å²) in [5.74, 6) is -1.00. The van der Waals surface area contributed by atoms with Gasteiger partial charge in [0.15, 0.2) is 0 Å². The van der Waals surface area contributed by atoms with Crippen LogP contribution in [0.4, 0.5) is 15.8 Å². The zero-order valence-corrected chi connectivity index (χ0v) is 13.9. The molecule has 2 aromatic carbocycles. The van der Waals surface area contributed by atoms with E-state index in [1.807, 2.05) is 24.3 Å². The molecule has 0 aliphatic carbocycles. The highest BCUT2D eigenvalue weighted by molar-refractivity contribution is 7.92. The van der Waals surface area contributed by atoms with Crippen LogP contribution in [0.3, 0.4) is 0 Å². The number of amides is 1. The van der Waals surface area contributed by atoms with Crippen LogP contribution in [0.15, 0.2) is 42.5 Å². The molecule has 7 heteroatoms. The summed E-state index contributed by atoms with van der Waals surface area (Å²) in [6.45, 7) is 0.571. The first-order valence-corrected chi connectivity index (χ1v) is 9.41. The molecule has 1 heterocycles. The van der Waals surface area contributed by atoms with Crippen molar-refractivity contribution in [1.29, 1.82) is 0 Å². The van der Waals surface area contributed by atoms with Gasteiger partial charge in [-0.15, -0.1) is 0 Å². The zero-order valence-electron chi connectivity index (χ0n) is 13.1. The zero-order chi connectivity index (χ0) is 17.3. The summed E-state index contributed by atoms with van der Waals surface area (Å²) in [5.41, 5.74) is 1.94. The molecule has 0 saturated carbocycles. The second-order valence-corrected chi connectivity index (χ2v) is 7.51. The van der Waals surface area contributed by atoms with Gasteiger partial charge in [0.1, 0.15) is 5.82 Å². The SMILES string of the molecule is CS(=O)(=O)Nc1cc(C(=O)N2CCCc3ccccc32)ccc1F. The van der Waals surface area contributed by atoms with Gasteiger partial charge in [0.25, 0.3) is 5.91 Å². The molecule has 0 fully saturated rings. The van der Waals surface area contributed by atoms with E-state index < -0.39 is 15.8 Å². The molecule has 1 aliphatic heterocycles. The normalized spacial score (nSPS) is 14.2.